The predicted molar refractivity (Wildman–Crippen MR) is 73.4 cm³/mol. The summed E-state index contributed by atoms with van der Waals surface area (Å²) < 4.78 is 0. The Bertz CT molecular complexity index is 401. The Balaban J connectivity index is 2.45. The zero-order valence-electron chi connectivity index (χ0n) is 11.7. The summed E-state index contributed by atoms with van der Waals surface area (Å²) in [4.78, 5) is 11.9. The SMILES string of the molecule is C/C=C/CCNC(=O)C(C)Cc1c(C)n[nH]c1C. The number of amides is 1. The van der Waals surface area contributed by atoms with E-state index in [1.165, 1.54) is 0 Å². The number of aromatic amines is 1. The summed E-state index contributed by atoms with van der Waals surface area (Å²) in [6, 6.07) is 0. The third kappa shape index (κ3) is 4.02. The smallest absolute Gasteiger partial charge is 0.223 e. The molecular formula is C14H23N3O. The molecule has 0 aliphatic carbocycles. The van der Waals surface area contributed by atoms with Crippen molar-refractivity contribution in [2.75, 3.05) is 6.54 Å². The second kappa shape index (κ2) is 6.99. The van der Waals surface area contributed by atoms with E-state index in [1.807, 2.05) is 33.8 Å². The van der Waals surface area contributed by atoms with Crippen molar-refractivity contribution in [2.45, 2.75) is 40.5 Å². The summed E-state index contributed by atoms with van der Waals surface area (Å²) in [5.74, 6) is 0.0881. The number of nitrogens with one attached hydrogen (secondary N) is 2. The minimum Gasteiger partial charge on any atom is -0.356 e. The lowest BCUT2D eigenvalue weighted by molar-refractivity contribution is -0.124. The highest BCUT2D eigenvalue weighted by molar-refractivity contribution is 5.78. The predicted octanol–water partition coefficient (Wildman–Crippen LogP) is 2.29. The highest BCUT2D eigenvalue weighted by atomic mass is 16.1. The molecule has 4 heteroatoms. The fourth-order valence-corrected chi connectivity index (χ4v) is 1.89. The average Bonchev–Trinajstić information content (AvgIpc) is 2.66. The van der Waals surface area contributed by atoms with Gasteiger partial charge < -0.3 is 5.32 Å². The van der Waals surface area contributed by atoms with Gasteiger partial charge in [0.2, 0.25) is 5.91 Å². The van der Waals surface area contributed by atoms with E-state index in [1.54, 1.807) is 0 Å². The van der Waals surface area contributed by atoms with Crippen LogP contribution in [0.1, 0.15) is 37.2 Å². The van der Waals surface area contributed by atoms with Gasteiger partial charge in [-0.2, -0.15) is 5.10 Å². The van der Waals surface area contributed by atoms with E-state index in [-0.39, 0.29) is 11.8 Å². The van der Waals surface area contributed by atoms with Gasteiger partial charge in [-0.05, 0) is 39.2 Å². The molecule has 1 rings (SSSR count). The van der Waals surface area contributed by atoms with Crippen LogP contribution in [0.5, 0.6) is 0 Å². The Morgan fingerprint density at radius 3 is 2.78 bits per heavy atom. The van der Waals surface area contributed by atoms with Crippen LogP contribution in [0.3, 0.4) is 0 Å². The summed E-state index contributed by atoms with van der Waals surface area (Å²) in [7, 11) is 0. The Morgan fingerprint density at radius 1 is 1.50 bits per heavy atom. The van der Waals surface area contributed by atoms with Gasteiger partial charge in [0.15, 0.2) is 0 Å². The van der Waals surface area contributed by atoms with Crippen molar-refractivity contribution in [1.29, 1.82) is 0 Å². The van der Waals surface area contributed by atoms with Crippen molar-refractivity contribution >= 4 is 5.91 Å². The maximum absolute atomic E-state index is 11.9. The number of hydrogen-bond acceptors (Lipinski definition) is 2. The molecule has 0 saturated carbocycles. The maximum Gasteiger partial charge on any atom is 0.223 e. The molecule has 0 aliphatic heterocycles. The Morgan fingerprint density at radius 2 is 2.22 bits per heavy atom. The molecule has 0 bridgehead atoms. The van der Waals surface area contributed by atoms with Crippen LogP contribution < -0.4 is 5.32 Å². The molecule has 0 saturated heterocycles. The fourth-order valence-electron chi connectivity index (χ4n) is 1.89. The van der Waals surface area contributed by atoms with Crippen LogP contribution in [0, 0.1) is 19.8 Å². The first-order valence-electron chi connectivity index (χ1n) is 6.45. The van der Waals surface area contributed by atoms with E-state index in [0.29, 0.717) is 6.54 Å². The lowest BCUT2D eigenvalue weighted by Crippen LogP contribution is -2.31. The summed E-state index contributed by atoms with van der Waals surface area (Å²) in [5.41, 5.74) is 3.20. The fraction of sp³-hybridized carbons (Fsp3) is 0.571. The van der Waals surface area contributed by atoms with Crippen molar-refractivity contribution < 1.29 is 4.79 Å². The number of carbonyl (C=O) groups is 1. The number of H-pyrrole nitrogens is 1. The van der Waals surface area contributed by atoms with Crippen LogP contribution >= 0.6 is 0 Å². The minimum absolute atomic E-state index is 0.0226. The summed E-state index contributed by atoms with van der Waals surface area (Å²) in [6.45, 7) is 8.60. The zero-order chi connectivity index (χ0) is 13.5. The Hall–Kier alpha value is -1.58. The molecular weight excluding hydrogens is 226 g/mol. The normalized spacial score (nSPS) is 12.9. The van der Waals surface area contributed by atoms with Gasteiger partial charge in [-0.3, -0.25) is 9.89 Å². The van der Waals surface area contributed by atoms with Crippen molar-refractivity contribution in [2.24, 2.45) is 5.92 Å². The quantitative estimate of drug-likeness (QED) is 0.600. The third-order valence-corrected chi connectivity index (χ3v) is 3.08. The molecule has 4 nitrogen and oxygen atoms in total. The molecule has 100 valence electrons. The van der Waals surface area contributed by atoms with Gasteiger partial charge in [0.1, 0.15) is 0 Å². The first-order valence-corrected chi connectivity index (χ1v) is 6.45. The number of rotatable bonds is 6. The lowest BCUT2D eigenvalue weighted by atomic mass is 9.99. The molecule has 0 aliphatic rings. The van der Waals surface area contributed by atoms with Crippen molar-refractivity contribution in [1.82, 2.24) is 15.5 Å². The Labute approximate surface area is 109 Å². The van der Waals surface area contributed by atoms with Crippen LogP contribution in [0.2, 0.25) is 0 Å². The standard InChI is InChI=1S/C14H23N3O/c1-5-6-7-8-15-14(18)10(2)9-13-11(3)16-17-12(13)4/h5-6,10H,7-9H2,1-4H3,(H,15,18)(H,16,17)/b6-5+. The number of aryl methyl sites for hydroxylation is 2. The number of aromatic nitrogens is 2. The van der Waals surface area contributed by atoms with Gasteiger partial charge in [0.05, 0.1) is 5.69 Å². The molecule has 1 amide bonds. The number of nitrogens with zero attached hydrogens (tertiary/aromatic N) is 1. The second-order valence-corrected chi connectivity index (χ2v) is 4.67. The van der Waals surface area contributed by atoms with Crippen LogP contribution in [0.25, 0.3) is 0 Å². The monoisotopic (exact) mass is 249 g/mol. The van der Waals surface area contributed by atoms with E-state index in [2.05, 4.69) is 21.6 Å². The summed E-state index contributed by atoms with van der Waals surface area (Å²) in [5, 5.41) is 10.0. The average molecular weight is 249 g/mol. The van der Waals surface area contributed by atoms with Gasteiger partial charge in [0.25, 0.3) is 0 Å². The van der Waals surface area contributed by atoms with E-state index in [4.69, 9.17) is 0 Å². The molecule has 1 aromatic heterocycles. The van der Waals surface area contributed by atoms with Gasteiger partial charge in [-0.15, -0.1) is 0 Å². The van der Waals surface area contributed by atoms with Crippen LogP contribution in [-0.4, -0.2) is 22.6 Å². The van der Waals surface area contributed by atoms with Gasteiger partial charge >= 0.3 is 0 Å². The highest BCUT2D eigenvalue weighted by Crippen LogP contribution is 2.15. The zero-order valence-corrected chi connectivity index (χ0v) is 11.7. The van der Waals surface area contributed by atoms with E-state index >= 15 is 0 Å². The van der Waals surface area contributed by atoms with Crippen molar-refractivity contribution in [3.05, 3.63) is 29.1 Å². The summed E-state index contributed by atoms with van der Waals surface area (Å²) in [6.07, 6.45) is 5.67. The van der Waals surface area contributed by atoms with Gasteiger partial charge in [-0.1, -0.05) is 19.1 Å². The molecule has 0 aromatic carbocycles. The third-order valence-electron chi connectivity index (χ3n) is 3.08. The first kappa shape index (κ1) is 14.5. The number of carbonyl (C=O) groups excluding carboxylic acids is 1. The molecule has 0 spiro atoms. The molecule has 0 fully saturated rings. The first-order chi connectivity index (χ1) is 8.56. The Kier molecular flexibility index (Phi) is 5.62. The summed E-state index contributed by atoms with van der Waals surface area (Å²) >= 11 is 0. The van der Waals surface area contributed by atoms with Crippen LogP contribution in [0.4, 0.5) is 0 Å². The maximum atomic E-state index is 11.9. The number of allylic oxidation sites excluding steroid dienone is 1. The molecule has 1 aromatic rings. The van der Waals surface area contributed by atoms with E-state index < -0.39 is 0 Å². The molecule has 1 atom stereocenters. The molecule has 18 heavy (non-hydrogen) atoms. The molecule has 1 unspecified atom stereocenters. The topological polar surface area (TPSA) is 57.8 Å². The molecule has 1 heterocycles. The van der Waals surface area contributed by atoms with Crippen LogP contribution in [0.15, 0.2) is 12.2 Å². The molecule has 0 radical (unpaired) electrons. The van der Waals surface area contributed by atoms with E-state index in [0.717, 1.165) is 29.8 Å². The van der Waals surface area contributed by atoms with E-state index in [9.17, 15) is 4.79 Å². The minimum atomic E-state index is -0.0226. The van der Waals surface area contributed by atoms with Crippen LogP contribution in [-0.2, 0) is 11.2 Å². The van der Waals surface area contributed by atoms with Gasteiger partial charge in [-0.25, -0.2) is 0 Å². The largest absolute Gasteiger partial charge is 0.356 e. The van der Waals surface area contributed by atoms with Gasteiger partial charge in [0, 0.05) is 18.2 Å². The molecule has 2 N–H and O–H groups in total. The number of hydrogen-bond donors (Lipinski definition) is 2. The highest BCUT2D eigenvalue weighted by Gasteiger charge is 2.16. The lowest BCUT2D eigenvalue weighted by Gasteiger charge is -2.11. The van der Waals surface area contributed by atoms with Crippen molar-refractivity contribution in [3.8, 4) is 0 Å². The van der Waals surface area contributed by atoms with Crippen molar-refractivity contribution in [3.63, 3.8) is 0 Å². The second-order valence-electron chi connectivity index (χ2n) is 4.67.